The Kier molecular flexibility index (Phi) is 3.98. The molecule has 2 bridgehead atoms. The summed E-state index contributed by atoms with van der Waals surface area (Å²) in [6.45, 7) is 4.22. The lowest BCUT2D eigenvalue weighted by Gasteiger charge is -2.42. The minimum atomic E-state index is -1.04. The van der Waals surface area contributed by atoms with Gasteiger partial charge in [0.15, 0.2) is 0 Å². The van der Waals surface area contributed by atoms with E-state index < -0.39 is 12.3 Å². The molecule has 2 aromatic heterocycles. The minimum absolute atomic E-state index is 0.0689. The van der Waals surface area contributed by atoms with Crippen molar-refractivity contribution in [2.75, 3.05) is 0 Å². The number of ether oxygens (including phenoxy) is 1. The third-order valence-electron chi connectivity index (χ3n) is 6.64. The average Bonchev–Trinajstić information content (AvgIpc) is 2.98. The number of hydrogen-bond donors (Lipinski definition) is 1. The van der Waals surface area contributed by atoms with E-state index in [9.17, 15) is 5.11 Å². The molecule has 1 aromatic carbocycles. The number of alkyl halides is 1. The highest BCUT2D eigenvalue weighted by molar-refractivity contribution is 5.89. The monoisotopic (exact) mass is 394 g/mol. The van der Waals surface area contributed by atoms with Gasteiger partial charge in [0.1, 0.15) is 23.7 Å². The van der Waals surface area contributed by atoms with Crippen LogP contribution in [0.25, 0.3) is 22.0 Å². The molecule has 2 aliphatic rings. The van der Waals surface area contributed by atoms with Crippen molar-refractivity contribution in [1.82, 2.24) is 20.2 Å². The van der Waals surface area contributed by atoms with Gasteiger partial charge >= 0.3 is 6.01 Å². The molecule has 6 nitrogen and oxygen atoms in total. The molecule has 1 N–H and O–H groups in total. The molecule has 0 unspecified atom stereocenters. The highest BCUT2D eigenvalue weighted by Gasteiger charge is 2.56. The first kappa shape index (κ1) is 18.2. The molecule has 7 heteroatoms. The molecule has 2 saturated carbocycles. The second-order valence-corrected chi connectivity index (χ2v) is 9.12. The van der Waals surface area contributed by atoms with Crippen molar-refractivity contribution in [3.8, 4) is 23.0 Å². The number of fused-ring (bicyclic) bond motifs is 3. The van der Waals surface area contributed by atoms with E-state index in [-0.39, 0.29) is 22.6 Å². The molecule has 0 radical (unpaired) electrons. The second-order valence-electron chi connectivity index (χ2n) is 9.12. The number of phenols is 1. The van der Waals surface area contributed by atoms with Crippen molar-refractivity contribution < 1.29 is 14.2 Å². The zero-order valence-electron chi connectivity index (χ0n) is 16.5. The Balaban J connectivity index is 1.39. The fourth-order valence-corrected chi connectivity index (χ4v) is 5.19. The van der Waals surface area contributed by atoms with Crippen LogP contribution in [0.4, 0.5) is 4.39 Å². The first-order chi connectivity index (χ1) is 13.9. The van der Waals surface area contributed by atoms with Crippen LogP contribution in [0, 0.1) is 10.8 Å². The Morgan fingerprint density at radius 1 is 1.14 bits per heavy atom. The zero-order valence-corrected chi connectivity index (χ0v) is 16.5. The quantitative estimate of drug-likeness (QED) is 0.705. The van der Waals surface area contributed by atoms with Gasteiger partial charge in [-0.1, -0.05) is 18.9 Å². The minimum Gasteiger partial charge on any atom is -0.507 e. The summed E-state index contributed by atoms with van der Waals surface area (Å²) in [6.07, 6.45) is 6.75. The van der Waals surface area contributed by atoms with Crippen molar-refractivity contribution in [1.29, 1.82) is 0 Å². The summed E-state index contributed by atoms with van der Waals surface area (Å²) in [5, 5.41) is 20.3. The molecule has 3 aromatic rings. The van der Waals surface area contributed by atoms with Crippen LogP contribution >= 0.6 is 0 Å². The van der Waals surface area contributed by atoms with Gasteiger partial charge in [-0.3, -0.25) is 4.98 Å². The Morgan fingerprint density at radius 2 is 2.00 bits per heavy atom. The highest BCUT2D eigenvalue weighted by Crippen LogP contribution is 2.59. The number of pyridine rings is 1. The first-order valence-electron chi connectivity index (χ1n) is 9.93. The van der Waals surface area contributed by atoms with Crippen molar-refractivity contribution in [2.24, 2.45) is 10.8 Å². The molecular formula is C22H23FN4O2. The van der Waals surface area contributed by atoms with Crippen molar-refractivity contribution >= 4 is 10.8 Å². The number of rotatable bonds is 3. The lowest BCUT2D eigenvalue weighted by atomic mass is 9.68. The van der Waals surface area contributed by atoms with Crippen LogP contribution in [0.2, 0.25) is 0 Å². The summed E-state index contributed by atoms with van der Waals surface area (Å²) in [7, 11) is 0. The molecule has 4 atom stereocenters. The van der Waals surface area contributed by atoms with Gasteiger partial charge in [-0.05, 0) is 54.7 Å². The number of aromatic hydroxyl groups is 1. The number of halogens is 1. The molecular weight excluding hydrogens is 371 g/mol. The van der Waals surface area contributed by atoms with E-state index in [0.29, 0.717) is 17.7 Å². The van der Waals surface area contributed by atoms with E-state index in [4.69, 9.17) is 4.74 Å². The van der Waals surface area contributed by atoms with Crippen LogP contribution in [0.15, 0.2) is 36.8 Å². The maximum atomic E-state index is 15.1. The largest absolute Gasteiger partial charge is 0.507 e. The van der Waals surface area contributed by atoms with Gasteiger partial charge in [-0.2, -0.15) is 0 Å². The highest BCUT2D eigenvalue weighted by atomic mass is 19.1. The van der Waals surface area contributed by atoms with E-state index in [0.717, 1.165) is 30.0 Å². The van der Waals surface area contributed by atoms with Gasteiger partial charge in [0, 0.05) is 28.8 Å². The topological polar surface area (TPSA) is 81.0 Å². The first-order valence-corrected chi connectivity index (χ1v) is 9.93. The van der Waals surface area contributed by atoms with E-state index in [1.165, 1.54) is 6.20 Å². The third-order valence-corrected chi connectivity index (χ3v) is 6.64. The zero-order chi connectivity index (χ0) is 20.2. The van der Waals surface area contributed by atoms with Crippen LogP contribution in [0.1, 0.15) is 39.5 Å². The number of nitrogens with zero attached hydrogens (tertiary/aromatic N) is 4. The molecule has 0 saturated heterocycles. The van der Waals surface area contributed by atoms with Crippen LogP contribution < -0.4 is 4.74 Å². The second kappa shape index (κ2) is 6.34. The molecule has 0 amide bonds. The fraction of sp³-hybridized carbons (Fsp3) is 0.455. The van der Waals surface area contributed by atoms with Crippen molar-refractivity contribution in [2.45, 2.75) is 51.8 Å². The predicted molar refractivity (Wildman–Crippen MR) is 106 cm³/mol. The number of benzene rings is 1. The molecule has 2 fully saturated rings. The summed E-state index contributed by atoms with van der Waals surface area (Å²) in [5.74, 6) is 0.0730. The Labute approximate surface area is 168 Å². The van der Waals surface area contributed by atoms with Gasteiger partial charge in [-0.25, -0.2) is 9.37 Å². The summed E-state index contributed by atoms with van der Waals surface area (Å²) in [4.78, 5) is 8.29. The maximum Gasteiger partial charge on any atom is 0.336 e. The maximum absolute atomic E-state index is 15.1. The predicted octanol–water partition coefficient (Wildman–Crippen LogP) is 4.48. The van der Waals surface area contributed by atoms with Crippen molar-refractivity contribution in [3.05, 3.63) is 36.8 Å². The Morgan fingerprint density at radius 3 is 2.79 bits per heavy atom. The summed E-state index contributed by atoms with van der Waals surface area (Å²) >= 11 is 0. The lowest BCUT2D eigenvalue weighted by Crippen LogP contribution is -2.46. The molecule has 5 rings (SSSR count). The molecule has 29 heavy (non-hydrogen) atoms. The van der Waals surface area contributed by atoms with E-state index in [1.807, 2.05) is 19.1 Å². The molecule has 0 spiro atoms. The van der Waals surface area contributed by atoms with Gasteiger partial charge in [-0.15, -0.1) is 5.10 Å². The van der Waals surface area contributed by atoms with Gasteiger partial charge < -0.3 is 9.84 Å². The molecule has 2 aliphatic carbocycles. The van der Waals surface area contributed by atoms with Gasteiger partial charge in [0.25, 0.3) is 0 Å². The number of phenolic OH excluding ortho intramolecular Hbond substituents is 1. The third kappa shape index (κ3) is 3.09. The van der Waals surface area contributed by atoms with E-state index >= 15 is 4.39 Å². The number of hydrogen-bond acceptors (Lipinski definition) is 6. The smallest absolute Gasteiger partial charge is 0.336 e. The molecule has 150 valence electrons. The van der Waals surface area contributed by atoms with Crippen molar-refractivity contribution in [3.63, 3.8) is 0 Å². The molecule has 2 heterocycles. The van der Waals surface area contributed by atoms with Crippen LogP contribution in [0.3, 0.4) is 0 Å². The van der Waals surface area contributed by atoms with Gasteiger partial charge in [0.2, 0.25) is 0 Å². The summed E-state index contributed by atoms with van der Waals surface area (Å²) in [5.41, 5.74) is 0.722. The van der Waals surface area contributed by atoms with E-state index in [2.05, 4.69) is 27.1 Å². The Bertz CT molecular complexity index is 1080. The molecule has 0 aliphatic heterocycles. The average molecular weight is 394 g/mol. The number of aromatic nitrogens is 4. The van der Waals surface area contributed by atoms with Crippen LogP contribution in [-0.4, -0.2) is 37.5 Å². The Hall–Kier alpha value is -2.83. The van der Waals surface area contributed by atoms with Crippen LogP contribution in [0.5, 0.6) is 11.8 Å². The SMILES string of the molecule is C[C@@]12CC[C@@](C)(C1)[C@@H](F)[C@@H](Oc1ncc(-c3cc4ccncc4cc3O)nn1)C2. The standard InChI is InChI=1S/C22H23FN4O2/c1-21-4-5-22(2,12-21)19(23)18(9-21)29-20-25-11-16(26-27-20)15-7-13-3-6-24-10-14(13)8-17(15)28/h3,6-8,10-11,18-19,28H,4-5,9,12H2,1-2H3/t18-,19-,21-,22-/m0/s1. The summed E-state index contributed by atoms with van der Waals surface area (Å²) < 4.78 is 20.9. The van der Waals surface area contributed by atoms with Crippen LogP contribution in [-0.2, 0) is 0 Å². The summed E-state index contributed by atoms with van der Waals surface area (Å²) in [6, 6.07) is 5.38. The fourth-order valence-electron chi connectivity index (χ4n) is 5.19. The normalized spacial score (nSPS) is 31.1. The van der Waals surface area contributed by atoms with Gasteiger partial charge in [0.05, 0.1) is 6.20 Å². The van der Waals surface area contributed by atoms with E-state index in [1.54, 1.807) is 18.5 Å². The lowest BCUT2D eigenvalue weighted by molar-refractivity contribution is -0.0451.